The van der Waals surface area contributed by atoms with E-state index in [2.05, 4.69) is 27.4 Å². The van der Waals surface area contributed by atoms with E-state index in [1.807, 2.05) is 18.2 Å². The maximum Gasteiger partial charge on any atom is 0.226 e. The van der Waals surface area contributed by atoms with Crippen molar-refractivity contribution < 1.29 is 18.7 Å². The average molecular weight is 397 g/mol. The first kappa shape index (κ1) is 18.2. The van der Waals surface area contributed by atoms with Crippen molar-refractivity contribution in [3.8, 4) is 28.6 Å². The lowest BCUT2D eigenvalue weighted by atomic mass is 10.1. The number of rotatable bonds is 7. The Hall–Kier alpha value is -3.13. The van der Waals surface area contributed by atoms with Crippen molar-refractivity contribution in [3.05, 3.63) is 47.3 Å². The van der Waals surface area contributed by atoms with E-state index in [0.717, 1.165) is 22.2 Å². The fourth-order valence-corrected chi connectivity index (χ4v) is 3.91. The summed E-state index contributed by atoms with van der Waals surface area (Å²) in [6.45, 7) is 2.32. The quantitative estimate of drug-likeness (QED) is 0.454. The van der Waals surface area contributed by atoms with Gasteiger partial charge < -0.3 is 18.7 Å². The highest BCUT2D eigenvalue weighted by molar-refractivity contribution is 7.17. The van der Waals surface area contributed by atoms with Crippen molar-refractivity contribution in [1.82, 2.24) is 15.1 Å². The fraction of sp³-hybridized carbons (Fsp3) is 0.250. The first-order valence-electron chi connectivity index (χ1n) is 8.75. The van der Waals surface area contributed by atoms with Crippen LogP contribution in [-0.4, -0.2) is 29.3 Å². The zero-order valence-corrected chi connectivity index (χ0v) is 16.6. The van der Waals surface area contributed by atoms with Gasteiger partial charge in [0.2, 0.25) is 5.88 Å². The molecule has 144 valence electrons. The van der Waals surface area contributed by atoms with E-state index >= 15 is 0 Å². The molecular weight excluding hydrogens is 378 g/mol. The van der Waals surface area contributed by atoms with Gasteiger partial charge in [0.1, 0.15) is 28.4 Å². The molecule has 28 heavy (non-hydrogen) atoms. The zero-order chi connectivity index (χ0) is 19.5. The van der Waals surface area contributed by atoms with Crippen molar-refractivity contribution in [1.29, 1.82) is 0 Å². The summed E-state index contributed by atoms with van der Waals surface area (Å²) >= 11 is 1.59. The maximum absolute atomic E-state index is 5.92. The van der Waals surface area contributed by atoms with Crippen LogP contribution in [0.5, 0.6) is 17.4 Å². The first-order chi connectivity index (χ1) is 13.7. The van der Waals surface area contributed by atoms with Gasteiger partial charge >= 0.3 is 0 Å². The molecule has 1 aromatic carbocycles. The van der Waals surface area contributed by atoms with Crippen molar-refractivity contribution in [2.75, 3.05) is 14.2 Å². The van der Waals surface area contributed by atoms with Gasteiger partial charge in [0, 0.05) is 17.7 Å². The highest BCUT2D eigenvalue weighted by atomic mass is 32.1. The monoisotopic (exact) mass is 397 g/mol. The van der Waals surface area contributed by atoms with E-state index in [-0.39, 0.29) is 6.61 Å². The van der Waals surface area contributed by atoms with Crippen molar-refractivity contribution in [2.45, 2.75) is 20.0 Å². The van der Waals surface area contributed by atoms with Crippen LogP contribution in [0.15, 0.2) is 40.5 Å². The molecule has 0 saturated heterocycles. The number of ether oxygens (including phenoxy) is 3. The van der Waals surface area contributed by atoms with Crippen LogP contribution in [0.4, 0.5) is 0 Å². The minimum Gasteiger partial charge on any atom is -0.497 e. The summed E-state index contributed by atoms with van der Waals surface area (Å²) in [5.74, 6) is 2.52. The number of aromatic nitrogens is 3. The van der Waals surface area contributed by atoms with E-state index in [1.54, 1.807) is 31.6 Å². The lowest BCUT2D eigenvalue weighted by Gasteiger charge is -2.07. The molecule has 0 aliphatic carbocycles. The average Bonchev–Trinajstić information content (AvgIpc) is 3.38. The Morgan fingerprint density at radius 2 is 2.00 bits per heavy atom. The van der Waals surface area contributed by atoms with Crippen LogP contribution < -0.4 is 14.2 Å². The molecule has 4 rings (SSSR count). The van der Waals surface area contributed by atoms with Gasteiger partial charge in [-0.05, 0) is 29.5 Å². The second-order valence-corrected chi connectivity index (χ2v) is 6.86. The summed E-state index contributed by atoms with van der Waals surface area (Å²) in [5.41, 5.74) is 2.65. The number of methoxy groups -OCH3 is 2. The van der Waals surface area contributed by atoms with Gasteiger partial charge in [0.25, 0.3) is 0 Å². The van der Waals surface area contributed by atoms with E-state index in [9.17, 15) is 0 Å². The highest BCUT2D eigenvalue weighted by Crippen LogP contribution is 2.34. The van der Waals surface area contributed by atoms with Gasteiger partial charge in [0.05, 0.1) is 19.6 Å². The van der Waals surface area contributed by atoms with Crippen LogP contribution >= 0.6 is 11.3 Å². The smallest absolute Gasteiger partial charge is 0.226 e. The minimum absolute atomic E-state index is 0.219. The van der Waals surface area contributed by atoms with Gasteiger partial charge in [-0.1, -0.05) is 12.1 Å². The summed E-state index contributed by atoms with van der Waals surface area (Å²) in [6.07, 6.45) is 2.41. The summed E-state index contributed by atoms with van der Waals surface area (Å²) in [7, 11) is 3.22. The van der Waals surface area contributed by atoms with E-state index in [0.29, 0.717) is 28.8 Å². The van der Waals surface area contributed by atoms with Gasteiger partial charge in [-0.15, -0.1) is 11.3 Å². The SMILES string of the molecule is CCc1csc2ncnc(OCc3cc(-c4ccc(OC)cc4OC)no3)c12. The molecule has 8 heteroatoms. The van der Waals surface area contributed by atoms with Gasteiger partial charge in [-0.25, -0.2) is 9.97 Å². The second-order valence-electron chi connectivity index (χ2n) is 6.01. The number of aryl methyl sites for hydroxylation is 1. The van der Waals surface area contributed by atoms with Crippen LogP contribution in [0.3, 0.4) is 0 Å². The molecule has 0 unspecified atom stereocenters. The maximum atomic E-state index is 5.92. The van der Waals surface area contributed by atoms with E-state index in [4.69, 9.17) is 18.7 Å². The Morgan fingerprint density at radius 1 is 1.11 bits per heavy atom. The summed E-state index contributed by atoms with van der Waals surface area (Å²) in [6, 6.07) is 7.37. The van der Waals surface area contributed by atoms with Gasteiger partial charge in [0.15, 0.2) is 12.4 Å². The van der Waals surface area contributed by atoms with Crippen LogP contribution in [0, 0.1) is 0 Å². The number of thiophene rings is 1. The van der Waals surface area contributed by atoms with Crippen LogP contribution in [-0.2, 0) is 13.0 Å². The normalized spacial score (nSPS) is 11.0. The summed E-state index contributed by atoms with van der Waals surface area (Å²) < 4.78 is 22.0. The molecule has 4 aromatic rings. The predicted octanol–water partition coefficient (Wildman–Crippen LogP) is 4.50. The molecule has 0 radical (unpaired) electrons. The Bertz CT molecular complexity index is 1110. The molecule has 3 aromatic heterocycles. The van der Waals surface area contributed by atoms with Crippen LogP contribution in [0.2, 0.25) is 0 Å². The molecule has 7 nitrogen and oxygen atoms in total. The Labute approximate surface area is 165 Å². The number of fused-ring (bicyclic) bond motifs is 1. The Balaban J connectivity index is 1.56. The number of hydrogen-bond donors (Lipinski definition) is 0. The third-order valence-electron chi connectivity index (χ3n) is 4.39. The number of nitrogens with zero attached hydrogens (tertiary/aromatic N) is 3. The molecule has 3 heterocycles. The number of hydrogen-bond acceptors (Lipinski definition) is 8. The molecule has 0 N–H and O–H groups in total. The zero-order valence-electron chi connectivity index (χ0n) is 15.8. The summed E-state index contributed by atoms with van der Waals surface area (Å²) in [4.78, 5) is 9.52. The fourth-order valence-electron chi connectivity index (χ4n) is 2.93. The predicted molar refractivity (Wildman–Crippen MR) is 106 cm³/mol. The second kappa shape index (κ2) is 7.85. The molecule has 0 amide bonds. The van der Waals surface area contributed by atoms with Gasteiger partial charge in [-0.2, -0.15) is 0 Å². The number of benzene rings is 1. The Morgan fingerprint density at radius 3 is 2.79 bits per heavy atom. The Kier molecular flexibility index (Phi) is 5.12. The molecule has 0 bridgehead atoms. The van der Waals surface area contributed by atoms with E-state index in [1.165, 1.54) is 11.9 Å². The van der Waals surface area contributed by atoms with Crippen molar-refractivity contribution in [2.24, 2.45) is 0 Å². The standard InChI is InChI=1S/C20H19N3O4S/c1-4-12-10-28-20-18(12)19(21-11-22-20)26-9-14-7-16(23-27-14)15-6-5-13(24-2)8-17(15)25-3/h5-8,10-11H,4,9H2,1-3H3. The summed E-state index contributed by atoms with van der Waals surface area (Å²) in [5, 5.41) is 7.20. The minimum atomic E-state index is 0.219. The lowest BCUT2D eigenvalue weighted by Crippen LogP contribution is -1.97. The lowest BCUT2D eigenvalue weighted by molar-refractivity contribution is 0.244. The molecule has 0 aliphatic rings. The molecule has 0 spiro atoms. The third kappa shape index (κ3) is 3.38. The molecule has 0 fully saturated rings. The molecule has 0 atom stereocenters. The largest absolute Gasteiger partial charge is 0.497 e. The first-order valence-corrected chi connectivity index (χ1v) is 9.63. The molecule has 0 aliphatic heterocycles. The van der Waals surface area contributed by atoms with Crippen molar-refractivity contribution >= 4 is 21.6 Å². The van der Waals surface area contributed by atoms with Crippen molar-refractivity contribution in [3.63, 3.8) is 0 Å². The highest BCUT2D eigenvalue weighted by Gasteiger charge is 2.15. The molecular formula is C20H19N3O4S. The molecule has 0 saturated carbocycles. The van der Waals surface area contributed by atoms with Crippen LogP contribution in [0.25, 0.3) is 21.5 Å². The topological polar surface area (TPSA) is 79.5 Å². The van der Waals surface area contributed by atoms with E-state index < -0.39 is 0 Å². The van der Waals surface area contributed by atoms with Crippen LogP contribution in [0.1, 0.15) is 18.2 Å². The third-order valence-corrected chi connectivity index (χ3v) is 5.32. The van der Waals surface area contributed by atoms with Gasteiger partial charge in [-0.3, -0.25) is 0 Å².